The number of hydrogen-bond acceptors (Lipinski definition) is 4. The molecule has 1 aromatic carbocycles. The number of hydrogen-bond donors (Lipinski definition) is 2. The lowest BCUT2D eigenvalue weighted by Crippen LogP contribution is -2.36. The van der Waals surface area contributed by atoms with Gasteiger partial charge in [0.25, 0.3) is 0 Å². The average molecular weight is 274 g/mol. The third-order valence-electron chi connectivity index (χ3n) is 3.51. The zero-order chi connectivity index (χ0) is 13.8. The number of fused-ring (bicyclic) bond motifs is 1. The first-order valence-corrected chi connectivity index (χ1v) is 6.90. The summed E-state index contributed by atoms with van der Waals surface area (Å²) in [5, 5.41) is 6.25. The molecular formula is C15H18N2O3. The summed E-state index contributed by atoms with van der Waals surface area (Å²) in [6, 6.07) is 6.03. The van der Waals surface area contributed by atoms with Crippen molar-refractivity contribution in [3.8, 4) is 11.5 Å². The summed E-state index contributed by atoms with van der Waals surface area (Å²) < 4.78 is 10.5. The van der Waals surface area contributed by atoms with Crippen molar-refractivity contribution in [3.63, 3.8) is 0 Å². The lowest BCUT2D eigenvalue weighted by Gasteiger charge is -2.09. The molecule has 2 aliphatic rings. The van der Waals surface area contributed by atoms with Crippen LogP contribution in [-0.4, -0.2) is 31.8 Å². The highest BCUT2D eigenvalue weighted by Gasteiger charge is 2.14. The Hall–Kier alpha value is -2.01. The molecule has 0 radical (unpaired) electrons. The Kier molecular flexibility index (Phi) is 3.87. The number of benzene rings is 1. The summed E-state index contributed by atoms with van der Waals surface area (Å²) >= 11 is 0. The van der Waals surface area contributed by atoms with Crippen molar-refractivity contribution in [2.45, 2.75) is 18.9 Å². The summed E-state index contributed by atoms with van der Waals surface area (Å²) in [6.45, 7) is 2.00. The van der Waals surface area contributed by atoms with E-state index >= 15 is 0 Å². The third-order valence-corrected chi connectivity index (χ3v) is 3.51. The fourth-order valence-corrected chi connectivity index (χ4v) is 2.40. The standard InChI is InChI=1S/C15H18N2O3/c18-15(17-9-12-2-1-7-16-12)6-4-11-3-5-13-14(8-11)20-10-19-13/h3-6,8,12,16H,1-2,7,9-10H2,(H,17,18). The maximum absolute atomic E-state index is 11.7. The second-order valence-electron chi connectivity index (χ2n) is 4.98. The van der Waals surface area contributed by atoms with Gasteiger partial charge in [0.1, 0.15) is 0 Å². The summed E-state index contributed by atoms with van der Waals surface area (Å²) in [6.07, 6.45) is 5.64. The van der Waals surface area contributed by atoms with Crippen molar-refractivity contribution in [2.24, 2.45) is 0 Å². The van der Waals surface area contributed by atoms with E-state index in [0.29, 0.717) is 12.6 Å². The van der Waals surface area contributed by atoms with E-state index in [1.807, 2.05) is 18.2 Å². The van der Waals surface area contributed by atoms with Crippen LogP contribution in [0.25, 0.3) is 6.08 Å². The predicted molar refractivity (Wildman–Crippen MR) is 75.6 cm³/mol. The molecule has 5 nitrogen and oxygen atoms in total. The molecule has 1 atom stereocenters. The minimum Gasteiger partial charge on any atom is -0.454 e. The Bertz CT molecular complexity index is 522. The number of carbonyl (C=O) groups excluding carboxylic acids is 1. The van der Waals surface area contributed by atoms with Gasteiger partial charge in [-0.1, -0.05) is 6.07 Å². The van der Waals surface area contributed by atoms with E-state index in [0.717, 1.165) is 30.0 Å². The van der Waals surface area contributed by atoms with Crippen molar-refractivity contribution in [2.75, 3.05) is 19.9 Å². The van der Waals surface area contributed by atoms with Crippen LogP contribution in [0.2, 0.25) is 0 Å². The summed E-state index contributed by atoms with van der Waals surface area (Å²) in [5.41, 5.74) is 0.920. The smallest absolute Gasteiger partial charge is 0.244 e. The van der Waals surface area contributed by atoms with Crippen LogP contribution in [0.3, 0.4) is 0 Å². The van der Waals surface area contributed by atoms with Crippen LogP contribution in [0, 0.1) is 0 Å². The van der Waals surface area contributed by atoms with Crippen molar-refractivity contribution in [1.82, 2.24) is 10.6 Å². The van der Waals surface area contributed by atoms with E-state index in [9.17, 15) is 4.79 Å². The highest BCUT2D eigenvalue weighted by Crippen LogP contribution is 2.32. The van der Waals surface area contributed by atoms with E-state index in [4.69, 9.17) is 9.47 Å². The molecule has 2 heterocycles. The minimum absolute atomic E-state index is 0.0728. The van der Waals surface area contributed by atoms with Crippen LogP contribution in [0.5, 0.6) is 11.5 Å². The minimum atomic E-state index is -0.0728. The zero-order valence-electron chi connectivity index (χ0n) is 11.2. The van der Waals surface area contributed by atoms with Crippen LogP contribution in [0.15, 0.2) is 24.3 Å². The molecule has 1 unspecified atom stereocenters. The van der Waals surface area contributed by atoms with Gasteiger partial charge in [-0.15, -0.1) is 0 Å². The normalized spacial score (nSPS) is 20.5. The number of amides is 1. The summed E-state index contributed by atoms with van der Waals surface area (Å²) in [5.74, 6) is 1.40. The Balaban J connectivity index is 1.52. The molecule has 2 N–H and O–H groups in total. The maximum Gasteiger partial charge on any atom is 0.244 e. The van der Waals surface area contributed by atoms with Gasteiger partial charge in [0.05, 0.1) is 0 Å². The quantitative estimate of drug-likeness (QED) is 0.812. The second-order valence-corrected chi connectivity index (χ2v) is 4.98. The van der Waals surface area contributed by atoms with E-state index in [1.165, 1.54) is 6.42 Å². The largest absolute Gasteiger partial charge is 0.454 e. The number of nitrogens with one attached hydrogen (secondary N) is 2. The molecule has 3 rings (SSSR count). The van der Waals surface area contributed by atoms with Gasteiger partial charge in [-0.2, -0.15) is 0 Å². The van der Waals surface area contributed by atoms with Gasteiger partial charge in [0.2, 0.25) is 12.7 Å². The van der Waals surface area contributed by atoms with Gasteiger partial charge in [0, 0.05) is 18.7 Å². The van der Waals surface area contributed by atoms with Crippen LogP contribution in [-0.2, 0) is 4.79 Å². The SMILES string of the molecule is O=C(C=Cc1ccc2c(c1)OCO2)NCC1CCCN1. The first-order chi connectivity index (χ1) is 9.81. The van der Waals surface area contributed by atoms with E-state index in [2.05, 4.69) is 10.6 Å². The monoisotopic (exact) mass is 274 g/mol. The Morgan fingerprint density at radius 1 is 1.40 bits per heavy atom. The molecule has 5 heteroatoms. The first kappa shape index (κ1) is 13.0. The molecule has 2 aliphatic heterocycles. The van der Waals surface area contributed by atoms with Gasteiger partial charge in [-0.25, -0.2) is 0 Å². The molecule has 1 fully saturated rings. The van der Waals surface area contributed by atoms with Gasteiger partial charge in [0.15, 0.2) is 11.5 Å². The lowest BCUT2D eigenvalue weighted by molar-refractivity contribution is -0.116. The molecule has 1 saturated heterocycles. The van der Waals surface area contributed by atoms with Gasteiger partial charge in [-0.05, 0) is 43.2 Å². The fourth-order valence-electron chi connectivity index (χ4n) is 2.40. The van der Waals surface area contributed by atoms with Crippen LogP contribution in [0.1, 0.15) is 18.4 Å². The number of rotatable bonds is 4. The van der Waals surface area contributed by atoms with Crippen molar-refractivity contribution < 1.29 is 14.3 Å². The van der Waals surface area contributed by atoms with Crippen LogP contribution >= 0.6 is 0 Å². The Morgan fingerprint density at radius 2 is 2.30 bits per heavy atom. The van der Waals surface area contributed by atoms with Gasteiger partial charge < -0.3 is 20.1 Å². The molecule has 106 valence electrons. The number of ether oxygens (including phenoxy) is 2. The fraction of sp³-hybridized carbons (Fsp3) is 0.400. The van der Waals surface area contributed by atoms with Crippen LogP contribution in [0.4, 0.5) is 0 Å². The number of carbonyl (C=O) groups is 1. The highest BCUT2D eigenvalue weighted by molar-refractivity contribution is 5.91. The molecule has 20 heavy (non-hydrogen) atoms. The molecule has 0 aromatic heterocycles. The molecule has 0 aliphatic carbocycles. The molecule has 1 amide bonds. The maximum atomic E-state index is 11.7. The molecular weight excluding hydrogens is 256 g/mol. The third kappa shape index (κ3) is 3.11. The lowest BCUT2D eigenvalue weighted by atomic mass is 10.2. The predicted octanol–water partition coefficient (Wildman–Crippen LogP) is 1.30. The molecule has 0 spiro atoms. The van der Waals surface area contributed by atoms with Crippen molar-refractivity contribution in [3.05, 3.63) is 29.8 Å². The van der Waals surface area contributed by atoms with E-state index in [1.54, 1.807) is 12.2 Å². The van der Waals surface area contributed by atoms with Gasteiger partial charge >= 0.3 is 0 Å². The summed E-state index contributed by atoms with van der Waals surface area (Å²) in [7, 11) is 0. The van der Waals surface area contributed by atoms with Crippen molar-refractivity contribution in [1.29, 1.82) is 0 Å². The second kappa shape index (κ2) is 5.96. The Morgan fingerprint density at radius 3 is 3.15 bits per heavy atom. The van der Waals surface area contributed by atoms with E-state index in [-0.39, 0.29) is 12.7 Å². The van der Waals surface area contributed by atoms with Gasteiger partial charge in [-0.3, -0.25) is 4.79 Å². The zero-order valence-corrected chi connectivity index (χ0v) is 11.2. The molecule has 0 saturated carbocycles. The average Bonchev–Trinajstić information content (AvgIpc) is 3.13. The molecule has 1 aromatic rings. The summed E-state index contributed by atoms with van der Waals surface area (Å²) in [4.78, 5) is 11.7. The van der Waals surface area contributed by atoms with Crippen molar-refractivity contribution >= 4 is 12.0 Å². The topological polar surface area (TPSA) is 59.6 Å². The first-order valence-electron chi connectivity index (χ1n) is 6.90. The molecule has 0 bridgehead atoms. The highest BCUT2D eigenvalue weighted by atomic mass is 16.7. The van der Waals surface area contributed by atoms with Crippen LogP contribution < -0.4 is 20.1 Å². The Labute approximate surface area is 118 Å². The van der Waals surface area contributed by atoms with E-state index < -0.39 is 0 Å².